The van der Waals surface area contributed by atoms with Gasteiger partial charge in [0.2, 0.25) is 5.88 Å². The van der Waals surface area contributed by atoms with Gasteiger partial charge in [-0.1, -0.05) is 43.3 Å². The summed E-state index contributed by atoms with van der Waals surface area (Å²) >= 11 is 0. The van der Waals surface area contributed by atoms with E-state index in [1.54, 1.807) is 6.20 Å². The average Bonchev–Trinajstić information content (AvgIpc) is 2.60. The van der Waals surface area contributed by atoms with Gasteiger partial charge < -0.3 is 15.8 Å². The molecular weight excluding hydrogens is 288 g/mol. The van der Waals surface area contributed by atoms with Gasteiger partial charge in [0.15, 0.2) is 5.96 Å². The van der Waals surface area contributed by atoms with E-state index in [1.165, 1.54) is 5.56 Å². The molecule has 0 amide bonds. The van der Waals surface area contributed by atoms with E-state index >= 15 is 0 Å². The summed E-state index contributed by atoms with van der Waals surface area (Å²) in [6, 6.07) is 14.1. The zero-order valence-corrected chi connectivity index (χ0v) is 13.5. The molecule has 0 aliphatic carbocycles. The molecular formula is C18H24N4O. The van der Waals surface area contributed by atoms with Gasteiger partial charge in [-0.05, 0) is 24.5 Å². The molecule has 0 unspecified atom stereocenters. The predicted octanol–water partition coefficient (Wildman–Crippen LogP) is 2.52. The van der Waals surface area contributed by atoms with Crippen molar-refractivity contribution >= 4 is 5.96 Å². The Morgan fingerprint density at radius 2 is 2.04 bits per heavy atom. The van der Waals surface area contributed by atoms with Crippen LogP contribution >= 0.6 is 0 Å². The Kier molecular flexibility index (Phi) is 6.91. The van der Waals surface area contributed by atoms with Crippen molar-refractivity contribution < 1.29 is 4.74 Å². The second-order valence-corrected chi connectivity index (χ2v) is 5.18. The molecule has 122 valence electrons. The smallest absolute Gasteiger partial charge is 0.218 e. The largest absolute Gasteiger partial charge is 0.477 e. The van der Waals surface area contributed by atoms with Gasteiger partial charge in [0, 0.05) is 18.3 Å². The Bertz CT molecular complexity index is 613. The number of nitrogens with two attached hydrogens (primary N) is 1. The fourth-order valence-electron chi connectivity index (χ4n) is 2.08. The van der Waals surface area contributed by atoms with Gasteiger partial charge in [-0.3, -0.25) is 0 Å². The minimum atomic E-state index is 0.436. The summed E-state index contributed by atoms with van der Waals surface area (Å²) in [6.45, 7) is 3.93. The molecule has 5 heteroatoms. The first-order valence-electron chi connectivity index (χ1n) is 7.94. The first-order valence-corrected chi connectivity index (χ1v) is 7.94. The van der Waals surface area contributed by atoms with Gasteiger partial charge >= 0.3 is 0 Å². The second kappa shape index (κ2) is 9.46. The SMILES string of the molecule is CCCOc1ncccc1CN=C(N)NCCc1ccccc1. The molecule has 1 aromatic carbocycles. The Morgan fingerprint density at radius 3 is 2.83 bits per heavy atom. The van der Waals surface area contributed by atoms with E-state index in [9.17, 15) is 0 Å². The van der Waals surface area contributed by atoms with Crippen LogP contribution in [0.15, 0.2) is 53.7 Å². The van der Waals surface area contributed by atoms with E-state index in [1.807, 2.05) is 30.3 Å². The van der Waals surface area contributed by atoms with Crippen LogP contribution in [-0.4, -0.2) is 24.1 Å². The normalized spacial score (nSPS) is 11.3. The second-order valence-electron chi connectivity index (χ2n) is 5.18. The minimum Gasteiger partial charge on any atom is -0.477 e. The van der Waals surface area contributed by atoms with Crippen LogP contribution in [0.25, 0.3) is 0 Å². The Balaban J connectivity index is 1.82. The first kappa shape index (κ1) is 16.8. The number of pyridine rings is 1. The van der Waals surface area contributed by atoms with E-state index in [2.05, 4.69) is 34.3 Å². The number of aliphatic imine (C=N–C) groups is 1. The van der Waals surface area contributed by atoms with Crippen molar-refractivity contribution in [2.45, 2.75) is 26.3 Å². The van der Waals surface area contributed by atoms with Crippen LogP contribution in [0.3, 0.4) is 0 Å². The number of ether oxygens (including phenoxy) is 1. The number of benzene rings is 1. The highest BCUT2D eigenvalue weighted by Crippen LogP contribution is 2.15. The molecule has 0 spiro atoms. The van der Waals surface area contributed by atoms with Crippen molar-refractivity contribution in [3.8, 4) is 5.88 Å². The molecule has 5 nitrogen and oxygen atoms in total. The van der Waals surface area contributed by atoms with Gasteiger partial charge in [0.05, 0.1) is 13.2 Å². The molecule has 3 N–H and O–H groups in total. The number of aromatic nitrogens is 1. The fourth-order valence-corrected chi connectivity index (χ4v) is 2.08. The van der Waals surface area contributed by atoms with Crippen LogP contribution in [0.4, 0.5) is 0 Å². The number of rotatable bonds is 8. The van der Waals surface area contributed by atoms with Crippen LogP contribution in [0.1, 0.15) is 24.5 Å². The zero-order valence-electron chi connectivity index (χ0n) is 13.5. The summed E-state index contributed by atoms with van der Waals surface area (Å²) in [5.74, 6) is 1.07. The van der Waals surface area contributed by atoms with Crippen molar-refractivity contribution in [2.24, 2.45) is 10.7 Å². The highest BCUT2D eigenvalue weighted by Gasteiger charge is 2.03. The maximum absolute atomic E-state index is 5.91. The van der Waals surface area contributed by atoms with Crippen LogP contribution < -0.4 is 15.8 Å². The third kappa shape index (κ3) is 5.98. The summed E-state index contributed by atoms with van der Waals surface area (Å²) in [5.41, 5.74) is 8.13. The lowest BCUT2D eigenvalue weighted by Crippen LogP contribution is -2.33. The van der Waals surface area contributed by atoms with Gasteiger partial charge in [0.25, 0.3) is 0 Å². The monoisotopic (exact) mass is 312 g/mol. The first-order chi connectivity index (χ1) is 11.3. The van der Waals surface area contributed by atoms with Crippen molar-refractivity contribution in [3.05, 3.63) is 59.8 Å². The van der Waals surface area contributed by atoms with Gasteiger partial charge in [-0.2, -0.15) is 0 Å². The van der Waals surface area contributed by atoms with E-state index < -0.39 is 0 Å². The number of hydrogen-bond acceptors (Lipinski definition) is 3. The number of nitrogens with one attached hydrogen (secondary N) is 1. The highest BCUT2D eigenvalue weighted by molar-refractivity contribution is 5.77. The predicted molar refractivity (Wildman–Crippen MR) is 93.5 cm³/mol. The Hall–Kier alpha value is -2.56. The summed E-state index contributed by atoms with van der Waals surface area (Å²) in [5, 5.41) is 3.13. The molecule has 23 heavy (non-hydrogen) atoms. The lowest BCUT2D eigenvalue weighted by molar-refractivity contribution is 0.302. The van der Waals surface area contributed by atoms with Crippen molar-refractivity contribution in [3.63, 3.8) is 0 Å². The Labute approximate surface area is 137 Å². The third-order valence-electron chi connectivity index (χ3n) is 3.28. The standard InChI is InChI=1S/C18H24N4O/c1-2-13-23-17-16(9-6-11-20-17)14-22-18(19)21-12-10-15-7-4-3-5-8-15/h3-9,11H,2,10,12-14H2,1H3,(H3,19,21,22). The number of nitrogens with zero attached hydrogens (tertiary/aromatic N) is 2. The summed E-state index contributed by atoms with van der Waals surface area (Å²) in [4.78, 5) is 8.60. The maximum Gasteiger partial charge on any atom is 0.218 e. The molecule has 0 aliphatic heterocycles. The van der Waals surface area contributed by atoms with Crippen LogP contribution in [0.2, 0.25) is 0 Å². The topological polar surface area (TPSA) is 72.5 Å². The van der Waals surface area contributed by atoms with Crippen molar-refractivity contribution in [1.82, 2.24) is 10.3 Å². The highest BCUT2D eigenvalue weighted by atomic mass is 16.5. The lowest BCUT2D eigenvalue weighted by atomic mass is 10.1. The van der Waals surface area contributed by atoms with Crippen molar-refractivity contribution in [1.29, 1.82) is 0 Å². The molecule has 0 atom stereocenters. The summed E-state index contributed by atoms with van der Waals surface area (Å²) < 4.78 is 5.62. The molecule has 1 aromatic heterocycles. The maximum atomic E-state index is 5.91. The van der Waals surface area contributed by atoms with E-state index in [0.717, 1.165) is 24.9 Å². The molecule has 1 heterocycles. The summed E-state index contributed by atoms with van der Waals surface area (Å²) in [6.07, 6.45) is 3.58. The fraction of sp³-hybridized carbons (Fsp3) is 0.333. The third-order valence-corrected chi connectivity index (χ3v) is 3.28. The molecule has 0 saturated carbocycles. The van der Waals surface area contributed by atoms with Gasteiger partial charge in [-0.25, -0.2) is 9.98 Å². The number of hydrogen-bond donors (Lipinski definition) is 2. The quantitative estimate of drug-likeness (QED) is 0.580. The van der Waals surface area contributed by atoms with Crippen molar-refractivity contribution in [2.75, 3.05) is 13.2 Å². The van der Waals surface area contributed by atoms with Crippen LogP contribution in [0, 0.1) is 0 Å². The molecule has 0 radical (unpaired) electrons. The zero-order chi connectivity index (χ0) is 16.3. The minimum absolute atomic E-state index is 0.436. The van der Waals surface area contributed by atoms with Crippen LogP contribution in [-0.2, 0) is 13.0 Å². The lowest BCUT2D eigenvalue weighted by Gasteiger charge is -2.09. The molecule has 0 saturated heterocycles. The molecule has 0 aliphatic rings. The molecule has 0 bridgehead atoms. The summed E-state index contributed by atoms with van der Waals surface area (Å²) in [7, 11) is 0. The van der Waals surface area contributed by atoms with E-state index in [0.29, 0.717) is 25.0 Å². The molecule has 0 fully saturated rings. The van der Waals surface area contributed by atoms with E-state index in [-0.39, 0.29) is 0 Å². The number of guanidine groups is 1. The van der Waals surface area contributed by atoms with Gasteiger partial charge in [-0.15, -0.1) is 0 Å². The molecule has 2 rings (SSSR count). The van der Waals surface area contributed by atoms with Crippen LogP contribution in [0.5, 0.6) is 5.88 Å². The average molecular weight is 312 g/mol. The van der Waals surface area contributed by atoms with Gasteiger partial charge in [0.1, 0.15) is 0 Å². The Morgan fingerprint density at radius 1 is 1.22 bits per heavy atom. The molecule has 2 aromatic rings. The van der Waals surface area contributed by atoms with E-state index in [4.69, 9.17) is 10.5 Å².